The van der Waals surface area contributed by atoms with Crippen LogP contribution in [-0.2, 0) is 0 Å². The minimum absolute atomic E-state index is 0. The second-order valence-corrected chi connectivity index (χ2v) is 3.71. The van der Waals surface area contributed by atoms with Gasteiger partial charge in [-0.3, -0.25) is 0 Å². The van der Waals surface area contributed by atoms with Gasteiger partial charge in [-0.15, -0.1) is 19.0 Å². The van der Waals surface area contributed by atoms with E-state index in [-0.39, 0.29) is 18.4 Å². The van der Waals surface area contributed by atoms with Gasteiger partial charge in [0.15, 0.2) is 0 Å². The molecule has 0 fully saturated rings. The number of halogens is 1. The fraction of sp³-hybridized carbons (Fsp3) is 0.385. The van der Waals surface area contributed by atoms with Crippen LogP contribution < -0.4 is 15.2 Å². The van der Waals surface area contributed by atoms with E-state index in [9.17, 15) is 0 Å². The van der Waals surface area contributed by atoms with Crippen LogP contribution in [-0.4, -0.2) is 14.2 Å². The molecule has 0 spiro atoms. The van der Waals surface area contributed by atoms with Gasteiger partial charge >= 0.3 is 0 Å². The molecule has 0 heterocycles. The number of ether oxygens (including phenoxy) is 2. The van der Waals surface area contributed by atoms with Gasteiger partial charge in [0.1, 0.15) is 11.5 Å². The number of methoxy groups -OCH3 is 2. The van der Waals surface area contributed by atoms with E-state index in [1.807, 2.05) is 19.1 Å². The molecule has 0 radical (unpaired) electrons. The van der Waals surface area contributed by atoms with Crippen LogP contribution >= 0.6 is 12.4 Å². The van der Waals surface area contributed by atoms with Crippen molar-refractivity contribution in [1.82, 2.24) is 0 Å². The van der Waals surface area contributed by atoms with E-state index >= 15 is 0 Å². The van der Waals surface area contributed by atoms with Crippen molar-refractivity contribution in [2.24, 2.45) is 5.73 Å². The molecule has 3 nitrogen and oxygen atoms in total. The molecule has 1 aromatic carbocycles. The monoisotopic (exact) mass is 257 g/mol. The summed E-state index contributed by atoms with van der Waals surface area (Å²) in [5.74, 6) is 1.54. The molecule has 1 atom stereocenters. The number of hydrogen-bond donors (Lipinski definition) is 1. The molecule has 0 aromatic heterocycles. The Hall–Kier alpha value is -1.19. The number of hydrogen-bond acceptors (Lipinski definition) is 3. The van der Waals surface area contributed by atoms with E-state index in [0.717, 1.165) is 22.6 Å². The van der Waals surface area contributed by atoms with Crippen LogP contribution in [0.25, 0.3) is 0 Å². The molecule has 0 saturated carbocycles. The summed E-state index contributed by atoms with van der Waals surface area (Å²) >= 11 is 0. The lowest BCUT2D eigenvalue weighted by molar-refractivity contribution is 0.378. The molecular weight excluding hydrogens is 238 g/mol. The molecular formula is C13H20ClNO2. The maximum Gasteiger partial charge on any atom is 0.127 e. The van der Waals surface area contributed by atoms with E-state index in [2.05, 4.69) is 6.58 Å². The fourth-order valence-corrected chi connectivity index (χ4v) is 1.73. The quantitative estimate of drug-likeness (QED) is 0.825. The maximum atomic E-state index is 6.08. The zero-order valence-electron chi connectivity index (χ0n) is 10.5. The molecule has 0 aliphatic rings. The summed E-state index contributed by atoms with van der Waals surface area (Å²) in [5.41, 5.74) is 8.06. The fourth-order valence-electron chi connectivity index (χ4n) is 1.73. The van der Waals surface area contributed by atoms with E-state index in [1.54, 1.807) is 20.3 Å². The summed E-state index contributed by atoms with van der Waals surface area (Å²) in [6, 6.07) is 3.77. The van der Waals surface area contributed by atoms with Crippen molar-refractivity contribution in [1.29, 1.82) is 0 Å². The van der Waals surface area contributed by atoms with Gasteiger partial charge in [-0.2, -0.15) is 0 Å². The molecule has 0 saturated heterocycles. The Kier molecular flexibility index (Phi) is 6.69. The van der Waals surface area contributed by atoms with Crippen LogP contribution in [0.5, 0.6) is 11.5 Å². The third-order valence-electron chi connectivity index (χ3n) is 2.48. The third-order valence-corrected chi connectivity index (χ3v) is 2.48. The van der Waals surface area contributed by atoms with Gasteiger partial charge in [0.05, 0.1) is 19.8 Å². The topological polar surface area (TPSA) is 44.5 Å². The van der Waals surface area contributed by atoms with Gasteiger partial charge in [-0.1, -0.05) is 6.08 Å². The molecule has 0 unspecified atom stereocenters. The highest BCUT2D eigenvalue weighted by Crippen LogP contribution is 2.35. The molecule has 0 aliphatic heterocycles. The van der Waals surface area contributed by atoms with Gasteiger partial charge in [0.2, 0.25) is 0 Å². The molecule has 96 valence electrons. The molecule has 17 heavy (non-hydrogen) atoms. The zero-order chi connectivity index (χ0) is 12.1. The Morgan fingerprint density at radius 1 is 1.29 bits per heavy atom. The van der Waals surface area contributed by atoms with Crippen molar-refractivity contribution in [3.8, 4) is 11.5 Å². The lowest BCUT2D eigenvalue weighted by Gasteiger charge is -2.18. The molecule has 2 N–H and O–H groups in total. The largest absolute Gasteiger partial charge is 0.496 e. The minimum Gasteiger partial charge on any atom is -0.496 e. The molecule has 0 aliphatic carbocycles. The standard InChI is InChI=1S/C13H19NO2.ClH/c1-5-6-10(14)13-11(15-3)7-9(2)8-12(13)16-4;/h5,7-8,10H,1,6,14H2,2-4H3;1H/t10-;/m1./s1. The summed E-state index contributed by atoms with van der Waals surface area (Å²) in [7, 11) is 3.27. The van der Waals surface area contributed by atoms with Crippen molar-refractivity contribution in [3.63, 3.8) is 0 Å². The van der Waals surface area contributed by atoms with Crippen LogP contribution in [0.4, 0.5) is 0 Å². The average molecular weight is 258 g/mol. The second kappa shape index (κ2) is 7.20. The Bertz CT molecular complexity index is 355. The Balaban J connectivity index is 0.00000256. The first-order valence-corrected chi connectivity index (χ1v) is 5.23. The highest BCUT2D eigenvalue weighted by Gasteiger charge is 2.17. The highest BCUT2D eigenvalue weighted by molar-refractivity contribution is 5.85. The Morgan fingerprint density at radius 3 is 2.12 bits per heavy atom. The van der Waals surface area contributed by atoms with Crippen LogP contribution in [0.3, 0.4) is 0 Å². The summed E-state index contributed by atoms with van der Waals surface area (Å²) in [4.78, 5) is 0. The van der Waals surface area contributed by atoms with Crippen LogP contribution in [0.15, 0.2) is 24.8 Å². The molecule has 1 aromatic rings. The second-order valence-electron chi connectivity index (χ2n) is 3.71. The van der Waals surface area contributed by atoms with Gasteiger partial charge in [-0.05, 0) is 31.0 Å². The van der Waals surface area contributed by atoms with E-state index < -0.39 is 0 Å². The van der Waals surface area contributed by atoms with E-state index in [4.69, 9.17) is 15.2 Å². The predicted octanol–water partition coefficient (Wildman–Crippen LogP) is 3.01. The first-order chi connectivity index (χ1) is 7.63. The summed E-state index contributed by atoms with van der Waals surface area (Å²) in [6.45, 7) is 5.69. The SMILES string of the molecule is C=CC[C@@H](N)c1c(OC)cc(C)cc1OC.Cl. The predicted molar refractivity (Wildman–Crippen MR) is 73.3 cm³/mol. The minimum atomic E-state index is -0.150. The summed E-state index contributed by atoms with van der Waals surface area (Å²) in [5, 5.41) is 0. The van der Waals surface area contributed by atoms with E-state index in [1.165, 1.54) is 0 Å². The van der Waals surface area contributed by atoms with Gasteiger partial charge in [0, 0.05) is 6.04 Å². The molecule has 0 bridgehead atoms. The number of nitrogens with two attached hydrogens (primary N) is 1. The normalized spacial score (nSPS) is 11.3. The van der Waals surface area contributed by atoms with Gasteiger partial charge in [-0.25, -0.2) is 0 Å². The zero-order valence-corrected chi connectivity index (χ0v) is 11.3. The van der Waals surface area contributed by atoms with Crippen LogP contribution in [0.1, 0.15) is 23.6 Å². The van der Waals surface area contributed by atoms with Crippen LogP contribution in [0.2, 0.25) is 0 Å². The Labute approximate surface area is 109 Å². The molecule has 1 rings (SSSR count). The Morgan fingerprint density at radius 2 is 1.76 bits per heavy atom. The van der Waals surface area contributed by atoms with Crippen molar-refractivity contribution < 1.29 is 9.47 Å². The molecule has 4 heteroatoms. The summed E-state index contributed by atoms with van der Waals surface area (Å²) < 4.78 is 10.7. The maximum absolute atomic E-state index is 6.08. The van der Waals surface area contributed by atoms with Crippen LogP contribution in [0, 0.1) is 6.92 Å². The van der Waals surface area contributed by atoms with Gasteiger partial charge < -0.3 is 15.2 Å². The van der Waals surface area contributed by atoms with Crippen molar-refractivity contribution in [2.45, 2.75) is 19.4 Å². The van der Waals surface area contributed by atoms with Crippen molar-refractivity contribution in [3.05, 3.63) is 35.9 Å². The summed E-state index contributed by atoms with van der Waals surface area (Å²) in [6.07, 6.45) is 2.49. The third kappa shape index (κ3) is 3.65. The highest BCUT2D eigenvalue weighted by atomic mass is 35.5. The molecule has 0 amide bonds. The van der Waals surface area contributed by atoms with E-state index in [0.29, 0.717) is 6.42 Å². The first-order valence-electron chi connectivity index (χ1n) is 5.23. The smallest absolute Gasteiger partial charge is 0.127 e. The van der Waals surface area contributed by atoms with Crippen molar-refractivity contribution >= 4 is 12.4 Å². The number of aryl methyl sites for hydroxylation is 1. The lowest BCUT2D eigenvalue weighted by atomic mass is 10.0. The number of benzene rings is 1. The first kappa shape index (κ1) is 15.8. The van der Waals surface area contributed by atoms with Crippen molar-refractivity contribution in [2.75, 3.05) is 14.2 Å². The lowest BCUT2D eigenvalue weighted by Crippen LogP contribution is -2.12. The van der Waals surface area contributed by atoms with Gasteiger partial charge in [0.25, 0.3) is 0 Å². The number of rotatable bonds is 5. The average Bonchev–Trinajstić information content (AvgIpc) is 2.27.